The molecular formula is C19H15N3OS. The number of aromatic amines is 1. The highest BCUT2D eigenvalue weighted by atomic mass is 32.2. The second kappa shape index (κ2) is 6.37. The highest BCUT2D eigenvalue weighted by molar-refractivity contribution is 7.84. The molecule has 1 N–H and O–H groups in total. The van der Waals surface area contributed by atoms with Gasteiger partial charge in [-0.3, -0.25) is 9.19 Å². The molecule has 118 valence electrons. The molecule has 0 radical (unpaired) electrons. The molecule has 0 amide bonds. The Morgan fingerprint density at radius 1 is 0.958 bits per heavy atom. The fraction of sp³-hybridized carbons (Fsp3) is 0.0526. The number of nitrogens with one attached hydrogen (secondary N) is 1. The van der Waals surface area contributed by atoms with Crippen molar-refractivity contribution in [1.29, 1.82) is 0 Å². The van der Waals surface area contributed by atoms with Crippen molar-refractivity contribution in [2.24, 2.45) is 0 Å². The van der Waals surface area contributed by atoms with Gasteiger partial charge < -0.3 is 4.98 Å². The van der Waals surface area contributed by atoms with Gasteiger partial charge in [0, 0.05) is 18.0 Å². The Hall–Kier alpha value is -2.79. The van der Waals surface area contributed by atoms with E-state index >= 15 is 0 Å². The molecular weight excluding hydrogens is 318 g/mol. The largest absolute Gasteiger partial charge is 0.338 e. The van der Waals surface area contributed by atoms with Crippen LogP contribution < -0.4 is 0 Å². The van der Waals surface area contributed by atoms with Gasteiger partial charge in [0.05, 0.1) is 32.5 Å². The second-order valence-corrected chi connectivity index (χ2v) is 6.87. The molecule has 0 aliphatic heterocycles. The summed E-state index contributed by atoms with van der Waals surface area (Å²) in [6.45, 7) is 0. The van der Waals surface area contributed by atoms with Crippen molar-refractivity contribution in [2.45, 2.75) is 10.6 Å². The molecule has 4 aromatic rings. The lowest BCUT2D eigenvalue weighted by molar-refractivity contribution is 0.682. The molecule has 0 spiro atoms. The van der Waals surface area contributed by atoms with E-state index in [0.29, 0.717) is 5.75 Å². The molecule has 5 heteroatoms. The number of aromatic nitrogens is 3. The zero-order valence-corrected chi connectivity index (χ0v) is 13.7. The summed E-state index contributed by atoms with van der Waals surface area (Å²) >= 11 is 0. The van der Waals surface area contributed by atoms with E-state index < -0.39 is 10.8 Å². The third-order valence-electron chi connectivity index (χ3n) is 3.80. The van der Waals surface area contributed by atoms with Crippen molar-refractivity contribution in [3.8, 4) is 11.4 Å². The van der Waals surface area contributed by atoms with Gasteiger partial charge in [-0.2, -0.15) is 0 Å². The first-order valence-electron chi connectivity index (χ1n) is 7.63. The molecule has 2 aromatic carbocycles. The fourth-order valence-corrected chi connectivity index (χ4v) is 3.92. The average molecular weight is 333 g/mol. The van der Waals surface area contributed by atoms with Crippen molar-refractivity contribution < 1.29 is 4.21 Å². The van der Waals surface area contributed by atoms with Crippen LogP contribution in [0.1, 0.15) is 5.56 Å². The molecule has 2 heterocycles. The smallest absolute Gasteiger partial charge is 0.139 e. The van der Waals surface area contributed by atoms with Crippen molar-refractivity contribution in [1.82, 2.24) is 15.0 Å². The van der Waals surface area contributed by atoms with Gasteiger partial charge in [-0.15, -0.1) is 0 Å². The van der Waals surface area contributed by atoms with Crippen LogP contribution in [0.25, 0.3) is 22.4 Å². The van der Waals surface area contributed by atoms with Crippen LogP contribution in [-0.2, 0) is 16.6 Å². The lowest BCUT2D eigenvalue weighted by Gasteiger charge is -2.07. The third-order valence-corrected chi connectivity index (χ3v) is 5.24. The van der Waals surface area contributed by atoms with Gasteiger partial charge in [-0.25, -0.2) is 4.98 Å². The van der Waals surface area contributed by atoms with Gasteiger partial charge in [-0.1, -0.05) is 36.4 Å². The Bertz CT molecular complexity index is 978. The first kappa shape index (κ1) is 14.8. The number of imidazole rings is 1. The van der Waals surface area contributed by atoms with Gasteiger partial charge >= 0.3 is 0 Å². The van der Waals surface area contributed by atoms with E-state index in [1.54, 1.807) is 12.4 Å². The zero-order chi connectivity index (χ0) is 16.4. The normalized spacial score (nSPS) is 12.3. The summed E-state index contributed by atoms with van der Waals surface area (Å²) in [6.07, 6.45) is 3.47. The lowest BCUT2D eigenvalue weighted by Crippen LogP contribution is -1.99. The van der Waals surface area contributed by atoms with E-state index in [1.807, 2.05) is 60.7 Å². The van der Waals surface area contributed by atoms with Crippen molar-refractivity contribution >= 4 is 21.8 Å². The van der Waals surface area contributed by atoms with Crippen LogP contribution in [0.15, 0.2) is 78.0 Å². The van der Waals surface area contributed by atoms with E-state index in [4.69, 9.17) is 0 Å². The summed E-state index contributed by atoms with van der Waals surface area (Å²) in [5.74, 6) is 1.18. The van der Waals surface area contributed by atoms with Crippen molar-refractivity contribution in [3.63, 3.8) is 0 Å². The quantitative estimate of drug-likeness (QED) is 0.615. The standard InChI is InChI=1S/C19H15N3OS/c23-24(13-14-6-5-11-20-12-14)18-10-4-1-7-15(18)19-21-16-8-2-3-9-17(16)22-19/h1-12H,13H2,(H,21,22). The first-order chi connectivity index (χ1) is 11.8. The van der Waals surface area contributed by atoms with Gasteiger partial charge in [-0.05, 0) is 29.8 Å². The van der Waals surface area contributed by atoms with Crippen LogP contribution in [0, 0.1) is 0 Å². The minimum Gasteiger partial charge on any atom is -0.338 e. The Morgan fingerprint density at radius 2 is 1.79 bits per heavy atom. The minimum atomic E-state index is -1.17. The summed E-state index contributed by atoms with van der Waals surface area (Å²) in [5.41, 5.74) is 3.70. The monoisotopic (exact) mass is 333 g/mol. The topological polar surface area (TPSA) is 58.6 Å². The van der Waals surface area contributed by atoms with Crippen molar-refractivity contribution in [2.75, 3.05) is 0 Å². The van der Waals surface area contributed by atoms with E-state index in [-0.39, 0.29) is 0 Å². The number of nitrogens with zero attached hydrogens (tertiary/aromatic N) is 2. The molecule has 0 bridgehead atoms. The Kier molecular flexibility index (Phi) is 3.92. The maximum atomic E-state index is 12.9. The van der Waals surface area contributed by atoms with Gasteiger partial charge in [0.1, 0.15) is 5.82 Å². The molecule has 0 saturated heterocycles. The number of hydrogen-bond acceptors (Lipinski definition) is 3. The van der Waals surface area contributed by atoms with Crippen LogP contribution in [0.4, 0.5) is 0 Å². The Balaban J connectivity index is 1.73. The van der Waals surface area contributed by atoms with E-state index in [9.17, 15) is 4.21 Å². The van der Waals surface area contributed by atoms with Crippen LogP contribution in [0.3, 0.4) is 0 Å². The predicted octanol–water partition coefficient (Wildman–Crippen LogP) is 3.93. The molecule has 1 atom stereocenters. The SMILES string of the molecule is O=S(Cc1cccnc1)c1ccccc1-c1nc2ccccc2[nH]1. The number of fused-ring (bicyclic) bond motifs is 1. The number of H-pyrrole nitrogens is 1. The maximum absolute atomic E-state index is 12.9. The molecule has 1 unspecified atom stereocenters. The number of rotatable bonds is 4. The van der Waals surface area contributed by atoms with Gasteiger partial charge in [0.2, 0.25) is 0 Å². The highest BCUT2D eigenvalue weighted by Gasteiger charge is 2.14. The third kappa shape index (κ3) is 2.86. The number of benzene rings is 2. The lowest BCUT2D eigenvalue weighted by atomic mass is 10.2. The average Bonchev–Trinajstić information content (AvgIpc) is 3.06. The first-order valence-corrected chi connectivity index (χ1v) is 8.94. The number of pyridine rings is 1. The maximum Gasteiger partial charge on any atom is 0.139 e. The Labute approximate surface area is 142 Å². The molecule has 0 aliphatic carbocycles. The summed E-state index contributed by atoms with van der Waals surface area (Å²) < 4.78 is 12.9. The van der Waals surface area contributed by atoms with Crippen LogP contribution in [0.2, 0.25) is 0 Å². The summed E-state index contributed by atoms with van der Waals surface area (Å²) in [7, 11) is -1.17. The number of para-hydroxylation sites is 2. The van der Waals surface area contributed by atoms with E-state index in [1.165, 1.54) is 0 Å². The minimum absolute atomic E-state index is 0.436. The van der Waals surface area contributed by atoms with E-state index in [2.05, 4.69) is 15.0 Å². The Morgan fingerprint density at radius 3 is 2.62 bits per heavy atom. The number of hydrogen-bond donors (Lipinski definition) is 1. The second-order valence-electron chi connectivity index (χ2n) is 5.45. The zero-order valence-electron chi connectivity index (χ0n) is 12.8. The molecule has 2 aromatic heterocycles. The summed E-state index contributed by atoms with van der Waals surface area (Å²) in [5, 5.41) is 0. The van der Waals surface area contributed by atoms with Crippen molar-refractivity contribution in [3.05, 3.63) is 78.6 Å². The van der Waals surface area contributed by atoms with E-state index in [0.717, 1.165) is 32.9 Å². The summed E-state index contributed by atoms with van der Waals surface area (Å²) in [4.78, 5) is 12.8. The molecule has 0 aliphatic rings. The predicted molar refractivity (Wildman–Crippen MR) is 95.9 cm³/mol. The molecule has 4 rings (SSSR count). The van der Waals surface area contributed by atoms with Gasteiger partial charge in [0.25, 0.3) is 0 Å². The summed E-state index contributed by atoms with van der Waals surface area (Å²) in [6, 6.07) is 19.4. The molecule has 24 heavy (non-hydrogen) atoms. The van der Waals surface area contributed by atoms with Crippen LogP contribution >= 0.6 is 0 Å². The molecule has 4 nitrogen and oxygen atoms in total. The fourth-order valence-electron chi connectivity index (χ4n) is 2.65. The molecule has 0 fully saturated rings. The van der Waals surface area contributed by atoms with Crippen LogP contribution in [0.5, 0.6) is 0 Å². The van der Waals surface area contributed by atoms with Crippen LogP contribution in [-0.4, -0.2) is 19.2 Å². The highest BCUT2D eigenvalue weighted by Crippen LogP contribution is 2.27. The molecule has 0 saturated carbocycles. The van der Waals surface area contributed by atoms with Gasteiger partial charge in [0.15, 0.2) is 0 Å².